The van der Waals surface area contributed by atoms with Crippen LogP contribution < -0.4 is 5.32 Å². The van der Waals surface area contributed by atoms with Crippen LogP contribution in [0.1, 0.15) is 24.1 Å². The lowest BCUT2D eigenvalue weighted by Gasteiger charge is -2.30. The van der Waals surface area contributed by atoms with Crippen molar-refractivity contribution >= 4 is 0 Å². The highest BCUT2D eigenvalue weighted by atomic mass is 15.1. The van der Waals surface area contributed by atoms with Crippen molar-refractivity contribution in [2.45, 2.75) is 25.8 Å². The van der Waals surface area contributed by atoms with Crippen LogP contribution in [0.4, 0.5) is 0 Å². The Morgan fingerprint density at radius 2 is 2.17 bits per heavy atom. The van der Waals surface area contributed by atoms with E-state index >= 15 is 0 Å². The van der Waals surface area contributed by atoms with Crippen LogP contribution in [0.3, 0.4) is 0 Å². The van der Waals surface area contributed by atoms with E-state index in [1.54, 1.807) is 0 Å². The maximum absolute atomic E-state index is 4.45. The van der Waals surface area contributed by atoms with Gasteiger partial charge in [-0.25, -0.2) is 0 Å². The van der Waals surface area contributed by atoms with Gasteiger partial charge in [-0.15, -0.1) is 0 Å². The lowest BCUT2D eigenvalue weighted by molar-refractivity contribution is 0.202. The molecule has 0 spiro atoms. The molecule has 0 aliphatic carbocycles. The van der Waals surface area contributed by atoms with Gasteiger partial charge in [0.1, 0.15) is 0 Å². The second-order valence-electron chi connectivity index (χ2n) is 6.38. The number of piperidine rings is 1. The van der Waals surface area contributed by atoms with Crippen molar-refractivity contribution in [1.29, 1.82) is 0 Å². The topological polar surface area (TPSA) is 41.1 Å². The molecule has 0 saturated carbocycles. The molecule has 2 aromatic rings. The summed E-state index contributed by atoms with van der Waals surface area (Å²) in [5.74, 6) is 0.754. The van der Waals surface area contributed by atoms with E-state index in [9.17, 15) is 0 Å². The van der Waals surface area contributed by atoms with Crippen molar-refractivity contribution in [1.82, 2.24) is 20.2 Å². The highest BCUT2D eigenvalue weighted by molar-refractivity contribution is 5.09. The van der Waals surface area contributed by atoms with E-state index in [0.717, 1.165) is 38.5 Å². The smallest absolute Gasteiger partial charge is 0.0416 e. The molecule has 4 heteroatoms. The molecule has 3 heterocycles. The molecule has 1 N–H and O–H groups in total. The summed E-state index contributed by atoms with van der Waals surface area (Å²) < 4.78 is 0. The predicted molar refractivity (Wildman–Crippen MR) is 93.0 cm³/mol. The van der Waals surface area contributed by atoms with Crippen LogP contribution in [-0.2, 0) is 13.0 Å². The Morgan fingerprint density at radius 3 is 2.91 bits per heavy atom. The summed E-state index contributed by atoms with van der Waals surface area (Å²) in [6.45, 7) is 5.48. The molecule has 0 amide bonds. The van der Waals surface area contributed by atoms with Crippen LogP contribution in [0.2, 0.25) is 0 Å². The van der Waals surface area contributed by atoms with Gasteiger partial charge in [-0.1, -0.05) is 12.1 Å². The first-order valence-corrected chi connectivity index (χ1v) is 8.62. The minimum atomic E-state index is 0.754. The fraction of sp³-hybridized carbons (Fsp3) is 0.474. The zero-order chi connectivity index (χ0) is 15.7. The lowest BCUT2D eigenvalue weighted by atomic mass is 9.98. The maximum Gasteiger partial charge on any atom is 0.0416 e. The summed E-state index contributed by atoms with van der Waals surface area (Å²) in [7, 11) is 0. The highest BCUT2D eigenvalue weighted by Gasteiger charge is 2.17. The average molecular weight is 310 g/mol. The quantitative estimate of drug-likeness (QED) is 0.853. The molecule has 1 saturated heterocycles. The van der Waals surface area contributed by atoms with Crippen molar-refractivity contribution in [2.24, 2.45) is 5.92 Å². The van der Waals surface area contributed by atoms with E-state index in [0.29, 0.717) is 0 Å². The van der Waals surface area contributed by atoms with Crippen molar-refractivity contribution in [2.75, 3.05) is 26.2 Å². The van der Waals surface area contributed by atoms with E-state index in [2.05, 4.69) is 38.4 Å². The van der Waals surface area contributed by atoms with Gasteiger partial charge < -0.3 is 5.32 Å². The summed E-state index contributed by atoms with van der Waals surface area (Å²) in [5, 5.41) is 3.53. The first-order valence-electron chi connectivity index (χ1n) is 8.62. The normalized spacial score (nSPS) is 18.2. The first-order chi connectivity index (χ1) is 11.4. The van der Waals surface area contributed by atoms with Gasteiger partial charge in [-0.2, -0.15) is 0 Å². The fourth-order valence-corrected chi connectivity index (χ4v) is 3.25. The van der Waals surface area contributed by atoms with Gasteiger partial charge >= 0.3 is 0 Å². The van der Waals surface area contributed by atoms with E-state index in [1.165, 1.54) is 30.6 Å². The van der Waals surface area contributed by atoms with Crippen LogP contribution in [0, 0.1) is 5.92 Å². The van der Waals surface area contributed by atoms with Crippen molar-refractivity contribution in [3.05, 3.63) is 60.2 Å². The molecule has 3 rings (SSSR count). The Kier molecular flexibility index (Phi) is 6.12. The molecule has 1 aliphatic rings. The number of aromatic nitrogens is 2. The summed E-state index contributed by atoms with van der Waals surface area (Å²) in [4.78, 5) is 11.3. The molecule has 1 fully saturated rings. The first kappa shape index (κ1) is 16.1. The maximum atomic E-state index is 4.45. The Balaban J connectivity index is 1.60. The summed E-state index contributed by atoms with van der Waals surface area (Å²) in [6, 6.07) is 10.3. The minimum Gasteiger partial charge on any atom is -0.316 e. The number of pyridine rings is 2. The summed E-state index contributed by atoms with van der Waals surface area (Å²) in [6.07, 6.45) is 9.33. The van der Waals surface area contributed by atoms with Gasteiger partial charge in [-0.3, -0.25) is 14.9 Å². The third-order valence-corrected chi connectivity index (χ3v) is 4.45. The Hall–Kier alpha value is -1.78. The van der Waals surface area contributed by atoms with Gasteiger partial charge in [0.25, 0.3) is 0 Å². The minimum absolute atomic E-state index is 0.754. The van der Waals surface area contributed by atoms with Crippen LogP contribution >= 0.6 is 0 Å². The Labute approximate surface area is 139 Å². The third-order valence-electron chi connectivity index (χ3n) is 4.45. The zero-order valence-electron chi connectivity index (χ0n) is 13.7. The standard InChI is InChI=1S/C19H26N4/c1-2-11-22-19(7-1)8-12-23(15-17-5-3-9-20-13-17)16-18-6-4-10-21-14-18/h1-3,5,7,9,11,13,18,21H,4,6,8,10,12,14-16H2. The van der Waals surface area contributed by atoms with E-state index in [-0.39, 0.29) is 0 Å². The van der Waals surface area contributed by atoms with Crippen molar-refractivity contribution in [3.63, 3.8) is 0 Å². The molecule has 2 aromatic heterocycles. The van der Waals surface area contributed by atoms with Crippen LogP contribution in [0.5, 0.6) is 0 Å². The van der Waals surface area contributed by atoms with E-state index in [1.807, 2.05) is 30.7 Å². The molecule has 1 unspecified atom stereocenters. The van der Waals surface area contributed by atoms with Gasteiger partial charge in [0.2, 0.25) is 0 Å². The van der Waals surface area contributed by atoms with Gasteiger partial charge in [-0.05, 0) is 55.6 Å². The zero-order valence-corrected chi connectivity index (χ0v) is 13.7. The Morgan fingerprint density at radius 1 is 1.17 bits per heavy atom. The molecule has 0 aromatic carbocycles. The molecule has 1 aliphatic heterocycles. The molecule has 0 radical (unpaired) electrons. The van der Waals surface area contributed by atoms with Crippen molar-refractivity contribution < 1.29 is 0 Å². The largest absolute Gasteiger partial charge is 0.316 e. The summed E-state index contributed by atoms with van der Waals surface area (Å²) >= 11 is 0. The molecule has 1 atom stereocenters. The van der Waals surface area contributed by atoms with Gasteiger partial charge in [0.05, 0.1) is 0 Å². The van der Waals surface area contributed by atoms with Crippen LogP contribution in [0.25, 0.3) is 0 Å². The van der Waals surface area contributed by atoms with Crippen LogP contribution in [0.15, 0.2) is 48.9 Å². The number of nitrogens with one attached hydrogen (secondary N) is 1. The number of hydrogen-bond acceptors (Lipinski definition) is 4. The molecule has 23 heavy (non-hydrogen) atoms. The van der Waals surface area contributed by atoms with E-state index in [4.69, 9.17) is 0 Å². The van der Waals surface area contributed by atoms with Gasteiger partial charge in [0, 0.05) is 50.3 Å². The second kappa shape index (κ2) is 8.75. The fourth-order valence-electron chi connectivity index (χ4n) is 3.25. The molecule has 4 nitrogen and oxygen atoms in total. The number of nitrogens with zero attached hydrogens (tertiary/aromatic N) is 3. The molecule has 0 bridgehead atoms. The lowest BCUT2D eigenvalue weighted by Crippen LogP contribution is -2.38. The van der Waals surface area contributed by atoms with Gasteiger partial charge in [0.15, 0.2) is 0 Å². The van der Waals surface area contributed by atoms with Crippen LogP contribution in [-0.4, -0.2) is 41.0 Å². The molecule has 122 valence electrons. The second-order valence-corrected chi connectivity index (χ2v) is 6.38. The average Bonchev–Trinajstić information content (AvgIpc) is 2.62. The van der Waals surface area contributed by atoms with E-state index < -0.39 is 0 Å². The summed E-state index contributed by atoms with van der Waals surface area (Å²) in [5.41, 5.74) is 2.46. The molecular weight excluding hydrogens is 284 g/mol. The predicted octanol–water partition coefficient (Wildman–Crippen LogP) is 2.52. The number of hydrogen-bond donors (Lipinski definition) is 1. The number of rotatable bonds is 7. The third kappa shape index (κ3) is 5.41. The SMILES string of the molecule is c1ccc(CCN(Cc2cccnc2)CC2CCCNC2)nc1. The monoisotopic (exact) mass is 310 g/mol. The Bertz CT molecular complexity index is 552. The molecular formula is C19H26N4. The highest BCUT2D eigenvalue weighted by Crippen LogP contribution is 2.14. The van der Waals surface area contributed by atoms with Crippen molar-refractivity contribution in [3.8, 4) is 0 Å².